The summed E-state index contributed by atoms with van der Waals surface area (Å²) in [6.45, 7) is 3.68. The third-order valence-electron chi connectivity index (χ3n) is 3.22. The Labute approximate surface area is 123 Å². The quantitative estimate of drug-likeness (QED) is 0.808. The first-order chi connectivity index (χ1) is 10.2. The van der Waals surface area contributed by atoms with Crippen LogP contribution in [0.1, 0.15) is 18.9 Å². The Morgan fingerprint density at radius 1 is 1.10 bits per heavy atom. The van der Waals surface area contributed by atoms with E-state index in [1.54, 1.807) is 18.2 Å². The van der Waals surface area contributed by atoms with E-state index < -0.39 is 11.6 Å². The van der Waals surface area contributed by atoms with E-state index in [9.17, 15) is 8.78 Å². The first-order valence-corrected chi connectivity index (χ1v) is 6.98. The summed E-state index contributed by atoms with van der Waals surface area (Å²) in [4.78, 5) is 0. The van der Waals surface area contributed by atoms with Gasteiger partial charge in [0.25, 0.3) is 0 Å². The lowest BCUT2D eigenvalue weighted by molar-refractivity contribution is 0.407. The molecule has 4 heteroatoms. The lowest BCUT2D eigenvalue weighted by Crippen LogP contribution is -2.13. The highest BCUT2D eigenvalue weighted by molar-refractivity contribution is 5.66. The average molecular weight is 291 g/mol. The largest absolute Gasteiger partial charge is 0.497 e. The first-order valence-electron chi connectivity index (χ1n) is 6.98. The van der Waals surface area contributed by atoms with Crippen molar-refractivity contribution in [2.75, 3.05) is 13.7 Å². The van der Waals surface area contributed by atoms with Crippen molar-refractivity contribution in [1.82, 2.24) is 5.32 Å². The van der Waals surface area contributed by atoms with Gasteiger partial charge in [-0.15, -0.1) is 0 Å². The molecule has 112 valence electrons. The number of ether oxygens (including phenoxy) is 1. The zero-order chi connectivity index (χ0) is 15.2. The predicted molar refractivity (Wildman–Crippen MR) is 80.3 cm³/mol. The topological polar surface area (TPSA) is 21.3 Å². The van der Waals surface area contributed by atoms with Gasteiger partial charge in [-0.3, -0.25) is 0 Å². The van der Waals surface area contributed by atoms with Crippen LogP contribution in [-0.2, 0) is 6.54 Å². The highest BCUT2D eigenvalue weighted by atomic mass is 19.1. The average Bonchev–Trinajstić information content (AvgIpc) is 2.47. The Kier molecular flexibility index (Phi) is 5.28. The van der Waals surface area contributed by atoms with Gasteiger partial charge in [-0.25, -0.2) is 8.78 Å². The maximum Gasteiger partial charge on any atom is 0.137 e. The molecule has 21 heavy (non-hydrogen) atoms. The van der Waals surface area contributed by atoms with Gasteiger partial charge < -0.3 is 10.1 Å². The van der Waals surface area contributed by atoms with Crippen molar-refractivity contribution < 1.29 is 13.5 Å². The van der Waals surface area contributed by atoms with E-state index >= 15 is 0 Å². The van der Waals surface area contributed by atoms with Gasteiger partial charge in [-0.1, -0.05) is 25.1 Å². The molecule has 0 unspecified atom stereocenters. The second-order valence-corrected chi connectivity index (χ2v) is 4.84. The molecule has 2 nitrogen and oxygen atoms in total. The molecule has 0 atom stereocenters. The molecule has 0 aliphatic carbocycles. The Morgan fingerprint density at radius 2 is 1.81 bits per heavy atom. The summed E-state index contributed by atoms with van der Waals surface area (Å²) >= 11 is 0. The molecule has 0 aliphatic heterocycles. The van der Waals surface area contributed by atoms with Crippen molar-refractivity contribution >= 4 is 0 Å². The van der Waals surface area contributed by atoms with Crippen molar-refractivity contribution in [1.29, 1.82) is 0 Å². The normalized spacial score (nSPS) is 10.7. The van der Waals surface area contributed by atoms with Crippen LogP contribution in [0.15, 0.2) is 36.4 Å². The zero-order valence-electron chi connectivity index (χ0n) is 12.2. The SMILES string of the molecule is CCCNCc1cccc(-c2c(F)cc(OC)cc2F)c1. The third-order valence-corrected chi connectivity index (χ3v) is 3.22. The van der Waals surface area contributed by atoms with Gasteiger partial charge in [0.05, 0.1) is 12.7 Å². The van der Waals surface area contributed by atoms with Crippen LogP contribution in [0.4, 0.5) is 8.78 Å². The molecule has 0 saturated heterocycles. The molecule has 2 rings (SSSR count). The minimum atomic E-state index is -0.620. The molecule has 0 spiro atoms. The molecule has 0 bridgehead atoms. The second kappa shape index (κ2) is 7.18. The number of methoxy groups -OCH3 is 1. The molecular weight excluding hydrogens is 272 g/mol. The van der Waals surface area contributed by atoms with Crippen LogP contribution in [0.2, 0.25) is 0 Å². The number of nitrogens with one attached hydrogen (secondary N) is 1. The summed E-state index contributed by atoms with van der Waals surface area (Å²) < 4.78 is 33.0. The lowest BCUT2D eigenvalue weighted by Gasteiger charge is -2.10. The van der Waals surface area contributed by atoms with E-state index in [-0.39, 0.29) is 11.3 Å². The van der Waals surface area contributed by atoms with E-state index in [4.69, 9.17) is 4.74 Å². The van der Waals surface area contributed by atoms with E-state index in [0.717, 1.165) is 18.5 Å². The Morgan fingerprint density at radius 3 is 2.43 bits per heavy atom. The first kappa shape index (κ1) is 15.4. The Bertz CT molecular complexity index is 590. The standard InChI is InChI=1S/C17H19F2NO/c1-3-7-20-11-12-5-4-6-13(8-12)17-15(18)9-14(21-2)10-16(17)19/h4-6,8-10,20H,3,7,11H2,1-2H3. The number of benzene rings is 2. The summed E-state index contributed by atoms with van der Waals surface area (Å²) in [5.74, 6) is -1.06. The number of hydrogen-bond acceptors (Lipinski definition) is 2. The molecule has 0 aromatic heterocycles. The summed E-state index contributed by atoms with van der Waals surface area (Å²) in [5.41, 5.74) is 1.51. The predicted octanol–water partition coefficient (Wildman–Crippen LogP) is 4.14. The van der Waals surface area contributed by atoms with Crippen LogP contribution in [0.3, 0.4) is 0 Å². The van der Waals surface area contributed by atoms with E-state index in [0.29, 0.717) is 12.1 Å². The summed E-state index contributed by atoms with van der Waals surface area (Å²) in [6, 6.07) is 9.64. The molecule has 0 amide bonds. The maximum atomic E-state index is 14.1. The fourth-order valence-electron chi connectivity index (χ4n) is 2.19. The van der Waals surface area contributed by atoms with E-state index in [1.165, 1.54) is 19.2 Å². The van der Waals surface area contributed by atoms with Crippen LogP contribution in [-0.4, -0.2) is 13.7 Å². The second-order valence-electron chi connectivity index (χ2n) is 4.84. The van der Waals surface area contributed by atoms with Crippen LogP contribution >= 0.6 is 0 Å². The fraction of sp³-hybridized carbons (Fsp3) is 0.294. The fourth-order valence-corrected chi connectivity index (χ4v) is 2.19. The molecule has 0 aliphatic rings. The molecule has 0 saturated carbocycles. The summed E-state index contributed by atoms with van der Waals surface area (Å²) in [7, 11) is 1.38. The Hall–Kier alpha value is -1.94. The minimum Gasteiger partial charge on any atom is -0.497 e. The minimum absolute atomic E-state index is 0.0202. The van der Waals surface area contributed by atoms with Gasteiger partial charge in [-0.05, 0) is 30.2 Å². The van der Waals surface area contributed by atoms with Crippen LogP contribution in [0.5, 0.6) is 5.75 Å². The smallest absolute Gasteiger partial charge is 0.137 e. The van der Waals surface area contributed by atoms with Gasteiger partial charge >= 0.3 is 0 Å². The molecule has 2 aromatic rings. The van der Waals surface area contributed by atoms with Crippen molar-refractivity contribution in [3.63, 3.8) is 0 Å². The van der Waals surface area contributed by atoms with E-state index in [1.807, 2.05) is 6.07 Å². The van der Waals surface area contributed by atoms with Gasteiger partial charge in [0.2, 0.25) is 0 Å². The van der Waals surface area contributed by atoms with Crippen molar-refractivity contribution in [2.24, 2.45) is 0 Å². The molecule has 0 heterocycles. The Balaban J connectivity index is 2.32. The van der Waals surface area contributed by atoms with Crippen LogP contribution in [0, 0.1) is 11.6 Å². The highest BCUT2D eigenvalue weighted by Gasteiger charge is 2.14. The summed E-state index contributed by atoms with van der Waals surface area (Å²) in [6.07, 6.45) is 1.04. The highest BCUT2D eigenvalue weighted by Crippen LogP contribution is 2.30. The lowest BCUT2D eigenvalue weighted by atomic mass is 10.0. The third kappa shape index (κ3) is 3.79. The maximum absolute atomic E-state index is 14.1. The van der Waals surface area contributed by atoms with Crippen LogP contribution < -0.4 is 10.1 Å². The monoisotopic (exact) mass is 291 g/mol. The van der Waals surface area contributed by atoms with Gasteiger partial charge in [0.1, 0.15) is 17.4 Å². The van der Waals surface area contributed by atoms with E-state index in [2.05, 4.69) is 12.2 Å². The number of halogens is 2. The molecule has 0 fully saturated rings. The van der Waals surface area contributed by atoms with Gasteiger partial charge in [0, 0.05) is 18.7 Å². The van der Waals surface area contributed by atoms with Gasteiger partial charge in [-0.2, -0.15) is 0 Å². The van der Waals surface area contributed by atoms with Crippen molar-refractivity contribution in [3.8, 4) is 16.9 Å². The molecule has 1 N–H and O–H groups in total. The molecular formula is C17H19F2NO. The van der Waals surface area contributed by atoms with Crippen molar-refractivity contribution in [3.05, 3.63) is 53.6 Å². The zero-order valence-corrected chi connectivity index (χ0v) is 12.2. The molecule has 2 aromatic carbocycles. The molecule has 0 radical (unpaired) electrons. The summed E-state index contributed by atoms with van der Waals surface area (Å²) in [5, 5.41) is 3.27. The van der Waals surface area contributed by atoms with Crippen molar-refractivity contribution in [2.45, 2.75) is 19.9 Å². The van der Waals surface area contributed by atoms with Crippen LogP contribution in [0.25, 0.3) is 11.1 Å². The number of rotatable bonds is 6. The number of hydrogen-bond donors (Lipinski definition) is 1. The van der Waals surface area contributed by atoms with Gasteiger partial charge in [0.15, 0.2) is 0 Å².